The predicted octanol–water partition coefficient (Wildman–Crippen LogP) is 4.68. The highest BCUT2D eigenvalue weighted by atomic mass is 35.5. The fourth-order valence-corrected chi connectivity index (χ4v) is 3.80. The topological polar surface area (TPSA) is 79.7 Å². The molecule has 1 fully saturated rings. The second-order valence-electron chi connectivity index (χ2n) is 7.10. The molecule has 6 nitrogen and oxygen atoms in total. The number of aromatic nitrogens is 1. The van der Waals surface area contributed by atoms with E-state index >= 15 is 0 Å². The molecule has 1 N–H and O–H groups in total. The molecule has 1 aromatic heterocycles. The number of carbonyl (C=O) groups excluding carboxylic acids is 2. The van der Waals surface area contributed by atoms with Crippen molar-refractivity contribution in [2.75, 3.05) is 12.0 Å². The molecule has 1 aliphatic heterocycles. The lowest BCUT2D eigenvalue weighted by molar-refractivity contribution is -0.132. The van der Waals surface area contributed by atoms with Crippen LogP contribution in [-0.2, 0) is 9.59 Å². The van der Waals surface area contributed by atoms with Crippen molar-refractivity contribution in [1.82, 2.24) is 4.98 Å². The summed E-state index contributed by atoms with van der Waals surface area (Å²) in [7, 11) is 1.45. The monoisotopic (exact) mass is 434 g/mol. The Morgan fingerprint density at radius 1 is 1.10 bits per heavy atom. The van der Waals surface area contributed by atoms with Gasteiger partial charge in [-0.1, -0.05) is 35.4 Å². The molecular weight excluding hydrogens is 416 g/mol. The van der Waals surface area contributed by atoms with Crippen LogP contribution in [-0.4, -0.2) is 28.9 Å². The van der Waals surface area contributed by atoms with Crippen LogP contribution in [0.5, 0.6) is 5.75 Å². The summed E-state index contributed by atoms with van der Waals surface area (Å²) in [6.45, 7) is 1.93. The minimum absolute atomic E-state index is 0.0789. The highest BCUT2D eigenvalue weighted by Crippen LogP contribution is 2.43. The maximum absolute atomic E-state index is 13.1. The minimum atomic E-state index is -0.910. The number of rotatable bonds is 4. The van der Waals surface area contributed by atoms with Crippen LogP contribution in [0.4, 0.5) is 5.69 Å². The van der Waals surface area contributed by atoms with Crippen molar-refractivity contribution < 1.29 is 19.4 Å². The summed E-state index contributed by atoms with van der Waals surface area (Å²) in [5.41, 5.74) is 2.13. The van der Waals surface area contributed by atoms with Gasteiger partial charge in [0.15, 0.2) is 0 Å². The molecule has 2 heterocycles. The van der Waals surface area contributed by atoms with Gasteiger partial charge in [-0.05, 0) is 49.4 Å². The lowest BCUT2D eigenvalue weighted by Gasteiger charge is -2.24. The van der Waals surface area contributed by atoms with Gasteiger partial charge >= 0.3 is 0 Å². The van der Waals surface area contributed by atoms with E-state index in [1.807, 2.05) is 19.1 Å². The lowest BCUT2D eigenvalue weighted by atomic mass is 9.97. The first kappa shape index (κ1) is 20.6. The number of methoxy groups -OCH3 is 1. The molecule has 1 aliphatic rings. The van der Waals surface area contributed by atoms with E-state index in [-0.39, 0.29) is 16.9 Å². The Labute approximate surface area is 184 Å². The summed E-state index contributed by atoms with van der Waals surface area (Å²) in [6.07, 6.45) is 1.57. The standard InChI is InChI=1S/C24H19ClN2O4/c1-14-6-9-16(10-7-14)27-21(18-5-3-4-12-26-18)20(23(29)24(27)30)22(28)17-13-15(25)8-11-19(17)31-2/h3-13,21,28H,1-2H3/b22-20+. The molecule has 0 radical (unpaired) electrons. The van der Waals surface area contributed by atoms with Gasteiger partial charge in [-0.25, -0.2) is 0 Å². The minimum Gasteiger partial charge on any atom is -0.507 e. The van der Waals surface area contributed by atoms with Gasteiger partial charge in [-0.15, -0.1) is 0 Å². The number of nitrogens with zero attached hydrogens (tertiary/aromatic N) is 2. The van der Waals surface area contributed by atoms with Crippen molar-refractivity contribution in [3.63, 3.8) is 0 Å². The average molecular weight is 435 g/mol. The zero-order valence-electron chi connectivity index (χ0n) is 16.9. The molecule has 1 atom stereocenters. The van der Waals surface area contributed by atoms with Gasteiger partial charge in [-0.2, -0.15) is 0 Å². The van der Waals surface area contributed by atoms with E-state index in [2.05, 4.69) is 4.98 Å². The maximum atomic E-state index is 13.1. The van der Waals surface area contributed by atoms with Crippen molar-refractivity contribution in [3.05, 3.63) is 94.3 Å². The Morgan fingerprint density at radius 3 is 2.48 bits per heavy atom. The zero-order chi connectivity index (χ0) is 22.1. The third kappa shape index (κ3) is 3.66. The quantitative estimate of drug-likeness (QED) is 0.366. The molecule has 0 spiro atoms. The van der Waals surface area contributed by atoms with E-state index in [1.54, 1.807) is 48.7 Å². The van der Waals surface area contributed by atoms with Crippen molar-refractivity contribution in [1.29, 1.82) is 0 Å². The van der Waals surface area contributed by atoms with Crippen molar-refractivity contribution in [2.45, 2.75) is 13.0 Å². The smallest absolute Gasteiger partial charge is 0.300 e. The number of ether oxygens (including phenoxy) is 1. The molecule has 0 saturated carbocycles. The molecule has 31 heavy (non-hydrogen) atoms. The van der Waals surface area contributed by atoms with Gasteiger partial charge in [0.25, 0.3) is 11.7 Å². The summed E-state index contributed by atoms with van der Waals surface area (Å²) in [5.74, 6) is -1.61. The van der Waals surface area contributed by atoms with Crippen molar-refractivity contribution >= 4 is 34.7 Å². The molecule has 0 aliphatic carbocycles. The van der Waals surface area contributed by atoms with Gasteiger partial charge in [0.05, 0.1) is 23.9 Å². The van der Waals surface area contributed by atoms with Gasteiger partial charge < -0.3 is 9.84 Å². The Bertz CT molecular complexity index is 1190. The van der Waals surface area contributed by atoms with Crippen LogP contribution in [0.15, 0.2) is 72.4 Å². The highest BCUT2D eigenvalue weighted by Gasteiger charge is 2.47. The lowest BCUT2D eigenvalue weighted by Crippen LogP contribution is -2.29. The number of halogens is 1. The van der Waals surface area contributed by atoms with Crippen LogP contribution >= 0.6 is 11.6 Å². The number of anilines is 1. The summed E-state index contributed by atoms with van der Waals surface area (Å²) in [4.78, 5) is 31.9. The maximum Gasteiger partial charge on any atom is 0.300 e. The number of aliphatic hydroxyl groups excluding tert-OH is 1. The van der Waals surface area contributed by atoms with Crippen LogP contribution in [0.1, 0.15) is 22.9 Å². The van der Waals surface area contributed by atoms with E-state index in [1.165, 1.54) is 18.1 Å². The van der Waals surface area contributed by atoms with E-state index in [4.69, 9.17) is 16.3 Å². The summed E-state index contributed by atoms with van der Waals surface area (Å²) >= 11 is 6.12. The number of aryl methyl sites for hydroxylation is 1. The number of ketones is 1. The number of amides is 1. The van der Waals surface area contributed by atoms with Gasteiger partial charge in [0.1, 0.15) is 17.6 Å². The van der Waals surface area contributed by atoms with E-state index in [0.717, 1.165) is 5.56 Å². The molecule has 0 bridgehead atoms. The average Bonchev–Trinajstić information content (AvgIpc) is 3.05. The molecule has 1 unspecified atom stereocenters. The number of pyridine rings is 1. The summed E-state index contributed by atoms with van der Waals surface area (Å²) < 4.78 is 5.33. The van der Waals surface area contributed by atoms with Crippen LogP contribution in [0, 0.1) is 6.92 Å². The first-order chi connectivity index (χ1) is 14.9. The van der Waals surface area contributed by atoms with Crippen LogP contribution < -0.4 is 9.64 Å². The molecule has 156 valence electrons. The summed E-state index contributed by atoms with van der Waals surface area (Å²) in [6, 6.07) is 16.2. The molecule has 4 rings (SSSR count). The second-order valence-corrected chi connectivity index (χ2v) is 7.54. The van der Waals surface area contributed by atoms with E-state index in [9.17, 15) is 14.7 Å². The first-order valence-electron chi connectivity index (χ1n) is 9.55. The van der Waals surface area contributed by atoms with E-state index in [0.29, 0.717) is 22.2 Å². The number of hydrogen-bond donors (Lipinski definition) is 1. The molecule has 1 amide bonds. The molecule has 2 aromatic carbocycles. The molecule has 7 heteroatoms. The van der Waals surface area contributed by atoms with Crippen molar-refractivity contribution in [3.8, 4) is 5.75 Å². The molecule has 1 saturated heterocycles. The van der Waals surface area contributed by atoms with Crippen LogP contribution in [0.25, 0.3) is 5.76 Å². The normalized spacial score (nSPS) is 17.8. The largest absolute Gasteiger partial charge is 0.507 e. The Hall–Kier alpha value is -3.64. The Balaban J connectivity index is 1.97. The van der Waals surface area contributed by atoms with Crippen molar-refractivity contribution in [2.24, 2.45) is 0 Å². The van der Waals surface area contributed by atoms with Gasteiger partial charge in [-0.3, -0.25) is 19.5 Å². The fourth-order valence-electron chi connectivity index (χ4n) is 3.63. The fraction of sp³-hybridized carbons (Fsp3) is 0.125. The van der Waals surface area contributed by atoms with Gasteiger partial charge in [0, 0.05) is 16.9 Å². The number of benzene rings is 2. The summed E-state index contributed by atoms with van der Waals surface area (Å²) in [5, 5.41) is 11.6. The predicted molar refractivity (Wildman–Crippen MR) is 118 cm³/mol. The number of aliphatic hydroxyl groups is 1. The second kappa shape index (κ2) is 8.24. The third-order valence-electron chi connectivity index (χ3n) is 5.14. The van der Waals surface area contributed by atoms with Crippen LogP contribution in [0.3, 0.4) is 0 Å². The van der Waals surface area contributed by atoms with E-state index < -0.39 is 17.7 Å². The number of Topliss-reactive ketones (excluding diaryl/α,β-unsaturated/α-hetero) is 1. The zero-order valence-corrected chi connectivity index (χ0v) is 17.6. The Kier molecular flexibility index (Phi) is 5.48. The third-order valence-corrected chi connectivity index (χ3v) is 5.38. The van der Waals surface area contributed by atoms with Gasteiger partial charge in [0.2, 0.25) is 0 Å². The molecule has 3 aromatic rings. The highest BCUT2D eigenvalue weighted by molar-refractivity contribution is 6.51. The van der Waals surface area contributed by atoms with Crippen LogP contribution in [0.2, 0.25) is 5.02 Å². The number of carbonyl (C=O) groups is 2. The SMILES string of the molecule is COc1ccc(Cl)cc1/C(O)=C1\C(=O)C(=O)N(c2ccc(C)cc2)C1c1ccccn1. The molecular formula is C24H19ClN2O4. The Morgan fingerprint density at radius 2 is 1.84 bits per heavy atom. The first-order valence-corrected chi connectivity index (χ1v) is 9.92. The number of hydrogen-bond acceptors (Lipinski definition) is 5.